The van der Waals surface area contributed by atoms with E-state index in [0.717, 1.165) is 24.3 Å². The van der Waals surface area contributed by atoms with Crippen LogP contribution in [0.4, 0.5) is 0 Å². The van der Waals surface area contributed by atoms with Gasteiger partial charge in [-0.2, -0.15) is 0 Å². The van der Waals surface area contributed by atoms with E-state index in [0.29, 0.717) is 6.04 Å². The van der Waals surface area contributed by atoms with E-state index in [1.165, 1.54) is 37.8 Å². The zero-order chi connectivity index (χ0) is 13.9. The molecule has 110 valence electrons. The molecule has 2 atom stereocenters. The molecule has 2 unspecified atom stereocenters. The molecule has 1 aliphatic heterocycles. The van der Waals surface area contributed by atoms with Crippen LogP contribution in [0.3, 0.4) is 0 Å². The molecule has 1 aliphatic carbocycles. The Balaban J connectivity index is 1.85. The number of likely N-dealkylation sites (tertiary alicyclic amines) is 1. The molecule has 1 heterocycles. The monoisotopic (exact) mass is 274 g/mol. The molecule has 20 heavy (non-hydrogen) atoms. The summed E-state index contributed by atoms with van der Waals surface area (Å²) in [7, 11) is 3.80. The maximum absolute atomic E-state index is 5.29. The van der Waals surface area contributed by atoms with Gasteiger partial charge in [-0.15, -0.1) is 0 Å². The van der Waals surface area contributed by atoms with Crippen molar-refractivity contribution in [3.05, 3.63) is 29.8 Å². The summed E-state index contributed by atoms with van der Waals surface area (Å²) in [5.74, 6) is 1.68. The minimum Gasteiger partial charge on any atom is -0.497 e. The largest absolute Gasteiger partial charge is 0.497 e. The van der Waals surface area contributed by atoms with E-state index in [1.54, 1.807) is 7.11 Å². The van der Waals surface area contributed by atoms with Crippen molar-refractivity contribution in [3.8, 4) is 5.75 Å². The summed E-state index contributed by atoms with van der Waals surface area (Å²) >= 11 is 0. The number of piperidine rings is 1. The Morgan fingerprint density at radius 3 is 2.55 bits per heavy atom. The summed E-state index contributed by atoms with van der Waals surface area (Å²) in [6.07, 6.45) is 5.45. The number of ether oxygens (including phenoxy) is 1. The predicted molar refractivity (Wildman–Crippen MR) is 82.1 cm³/mol. The smallest absolute Gasteiger partial charge is 0.118 e. The summed E-state index contributed by atoms with van der Waals surface area (Å²) < 4.78 is 5.29. The second kappa shape index (κ2) is 6.15. The topological polar surface area (TPSA) is 24.5 Å². The Bertz CT molecular complexity index is 425. The first-order valence-corrected chi connectivity index (χ1v) is 7.87. The fourth-order valence-electron chi connectivity index (χ4n) is 3.66. The molecule has 0 amide bonds. The van der Waals surface area contributed by atoms with Crippen LogP contribution >= 0.6 is 0 Å². The molecular weight excluding hydrogens is 248 g/mol. The van der Waals surface area contributed by atoms with E-state index in [1.807, 2.05) is 0 Å². The van der Waals surface area contributed by atoms with Gasteiger partial charge in [0.2, 0.25) is 0 Å². The van der Waals surface area contributed by atoms with Gasteiger partial charge in [-0.1, -0.05) is 12.1 Å². The minimum absolute atomic E-state index is 0.578. The van der Waals surface area contributed by atoms with Gasteiger partial charge in [-0.3, -0.25) is 4.90 Å². The van der Waals surface area contributed by atoms with Gasteiger partial charge in [0, 0.05) is 12.1 Å². The first-order chi connectivity index (χ1) is 9.83. The Hall–Kier alpha value is -1.06. The van der Waals surface area contributed by atoms with Crippen LogP contribution in [0, 0.1) is 5.92 Å². The lowest BCUT2D eigenvalue weighted by atomic mass is 9.84. The summed E-state index contributed by atoms with van der Waals surface area (Å²) in [6.45, 7) is 2.38. The highest BCUT2D eigenvalue weighted by Gasteiger charge is 2.40. The van der Waals surface area contributed by atoms with Crippen molar-refractivity contribution in [1.29, 1.82) is 0 Å². The van der Waals surface area contributed by atoms with Crippen molar-refractivity contribution in [2.45, 2.75) is 37.8 Å². The molecule has 2 fully saturated rings. The highest BCUT2D eigenvalue weighted by molar-refractivity contribution is 5.30. The molecule has 3 heteroatoms. The number of nitrogens with one attached hydrogen (secondary N) is 1. The van der Waals surface area contributed by atoms with Gasteiger partial charge in [0.15, 0.2) is 0 Å². The van der Waals surface area contributed by atoms with E-state index in [2.05, 4.69) is 41.5 Å². The average molecular weight is 274 g/mol. The van der Waals surface area contributed by atoms with Gasteiger partial charge in [0.1, 0.15) is 5.75 Å². The Labute approximate surface area is 122 Å². The first-order valence-electron chi connectivity index (χ1n) is 7.87. The van der Waals surface area contributed by atoms with Crippen LogP contribution < -0.4 is 10.1 Å². The zero-order valence-electron chi connectivity index (χ0n) is 12.6. The summed E-state index contributed by atoms with van der Waals surface area (Å²) in [6, 6.07) is 10.1. The van der Waals surface area contributed by atoms with Crippen molar-refractivity contribution in [1.82, 2.24) is 10.2 Å². The molecule has 0 aromatic heterocycles. The molecule has 3 nitrogen and oxygen atoms in total. The molecule has 1 saturated heterocycles. The SMILES string of the molecule is CNCC1CCCN(C2CC2)C1c1ccc(OC)cc1. The van der Waals surface area contributed by atoms with Crippen LogP contribution in [0.1, 0.15) is 37.3 Å². The van der Waals surface area contributed by atoms with Crippen LogP contribution in [0.2, 0.25) is 0 Å². The average Bonchev–Trinajstić information content (AvgIpc) is 3.32. The first kappa shape index (κ1) is 13.9. The summed E-state index contributed by atoms with van der Waals surface area (Å²) in [5.41, 5.74) is 1.46. The van der Waals surface area contributed by atoms with E-state index in [9.17, 15) is 0 Å². The fraction of sp³-hybridized carbons (Fsp3) is 0.647. The Kier molecular flexibility index (Phi) is 4.27. The maximum Gasteiger partial charge on any atom is 0.118 e. The van der Waals surface area contributed by atoms with E-state index < -0.39 is 0 Å². The van der Waals surface area contributed by atoms with Gasteiger partial charge >= 0.3 is 0 Å². The molecule has 1 saturated carbocycles. The quantitative estimate of drug-likeness (QED) is 0.893. The number of hydrogen-bond acceptors (Lipinski definition) is 3. The summed E-state index contributed by atoms with van der Waals surface area (Å²) in [4.78, 5) is 2.76. The molecular formula is C17H26N2O. The fourth-order valence-corrected chi connectivity index (χ4v) is 3.66. The van der Waals surface area contributed by atoms with Crippen molar-refractivity contribution in [2.24, 2.45) is 5.92 Å². The Morgan fingerprint density at radius 1 is 1.20 bits per heavy atom. The number of benzene rings is 1. The highest BCUT2D eigenvalue weighted by atomic mass is 16.5. The number of rotatable bonds is 5. The van der Waals surface area contributed by atoms with E-state index in [-0.39, 0.29) is 0 Å². The van der Waals surface area contributed by atoms with Crippen molar-refractivity contribution in [2.75, 3.05) is 27.2 Å². The third-order valence-electron chi connectivity index (χ3n) is 4.73. The second-order valence-electron chi connectivity index (χ2n) is 6.15. The van der Waals surface area contributed by atoms with Crippen molar-refractivity contribution >= 4 is 0 Å². The molecule has 1 aromatic rings. The summed E-state index contributed by atoms with van der Waals surface area (Å²) in [5, 5.41) is 3.39. The molecule has 1 N–H and O–H groups in total. The number of nitrogens with zero attached hydrogens (tertiary/aromatic N) is 1. The molecule has 1 aromatic carbocycles. The Morgan fingerprint density at radius 2 is 1.95 bits per heavy atom. The third kappa shape index (κ3) is 2.84. The van der Waals surface area contributed by atoms with Crippen LogP contribution in [0.5, 0.6) is 5.75 Å². The molecule has 3 rings (SSSR count). The normalized spacial score (nSPS) is 27.5. The van der Waals surface area contributed by atoms with Crippen LogP contribution in [-0.4, -0.2) is 38.2 Å². The van der Waals surface area contributed by atoms with Crippen molar-refractivity contribution in [3.63, 3.8) is 0 Å². The molecule has 0 radical (unpaired) electrons. The van der Waals surface area contributed by atoms with Gasteiger partial charge in [-0.25, -0.2) is 0 Å². The lowest BCUT2D eigenvalue weighted by Gasteiger charge is -2.42. The molecule has 0 spiro atoms. The van der Waals surface area contributed by atoms with Gasteiger partial charge in [-0.05, 0) is 69.4 Å². The minimum atomic E-state index is 0.578. The van der Waals surface area contributed by atoms with Gasteiger partial charge in [0.05, 0.1) is 7.11 Å². The second-order valence-corrected chi connectivity index (χ2v) is 6.15. The third-order valence-corrected chi connectivity index (χ3v) is 4.73. The van der Waals surface area contributed by atoms with E-state index in [4.69, 9.17) is 4.74 Å². The number of methoxy groups -OCH3 is 1. The van der Waals surface area contributed by atoms with Crippen molar-refractivity contribution < 1.29 is 4.74 Å². The number of hydrogen-bond donors (Lipinski definition) is 1. The zero-order valence-corrected chi connectivity index (χ0v) is 12.6. The lowest BCUT2D eigenvalue weighted by Crippen LogP contribution is -2.43. The van der Waals surface area contributed by atoms with E-state index >= 15 is 0 Å². The van der Waals surface area contributed by atoms with Crippen LogP contribution in [0.15, 0.2) is 24.3 Å². The van der Waals surface area contributed by atoms with Crippen LogP contribution in [-0.2, 0) is 0 Å². The molecule has 2 aliphatic rings. The standard InChI is InChI=1S/C17H26N2O/c1-18-12-14-4-3-11-19(15-7-8-15)17(14)13-5-9-16(20-2)10-6-13/h5-6,9-10,14-15,17-18H,3-4,7-8,11-12H2,1-2H3. The van der Waals surface area contributed by atoms with Crippen LogP contribution in [0.25, 0.3) is 0 Å². The lowest BCUT2D eigenvalue weighted by molar-refractivity contribution is 0.0845. The predicted octanol–water partition coefficient (Wildman–Crippen LogP) is 2.83. The van der Waals surface area contributed by atoms with Gasteiger partial charge < -0.3 is 10.1 Å². The van der Waals surface area contributed by atoms with Gasteiger partial charge in [0.25, 0.3) is 0 Å². The maximum atomic E-state index is 5.29. The highest BCUT2D eigenvalue weighted by Crippen LogP contribution is 2.42. The molecule has 0 bridgehead atoms.